The van der Waals surface area contributed by atoms with Crippen LogP contribution < -0.4 is 15.5 Å². The zero-order valence-electron chi connectivity index (χ0n) is 16.0. The van der Waals surface area contributed by atoms with E-state index >= 15 is 0 Å². The van der Waals surface area contributed by atoms with Crippen LogP contribution in [0, 0.1) is 0 Å². The van der Waals surface area contributed by atoms with E-state index in [4.69, 9.17) is 0 Å². The third kappa shape index (κ3) is 6.12. The Bertz CT molecular complexity index is 808. The molecule has 28 heavy (non-hydrogen) atoms. The maximum absolute atomic E-state index is 11.8. The fraction of sp³-hybridized carbons (Fsp3) is 0.333. The van der Waals surface area contributed by atoms with Gasteiger partial charge in [0.2, 0.25) is 5.91 Å². The number of nitrogens with zero attached hydrogens (tertiary/aromatic N) is 2. The number of nitrogens with one attached hydrogen (secondary N) is 2. The Balaban J connectivity index is 0.00000280. The average molecular weight is 494 g/mol. The van der Waals surface area contributed by atoms with Gasteiger partial charge in [0.25, 0.3) is 0 Å². The molecule has 0 saturated carbocycles. The van der Waals surface area contributed by atoms with Gasteiger partial charge in [-0.2, -0.15) is 0 Å². The Morgan fingerprint density at radius 3 is 2.57 bits per heavy atom. The van der Waals surface area contributed by atoms with Crippen LogP contribution in [0.25, 0.3) is 0 Å². The number of carbonyl (C=O) groups is 1. The molecular formula is C21H27IN4O2. The summed E-state index contributed by atoms with van der Waals surface area (Å²) in [5.74, 6) is 1.17. The number of phenols is 1. The van der Waals surface area contributed by atoms with Gasteiger partial charge in [0.05, 0.1) is 6.54 Å². The number of aromatic hydroxyl groups is 1. The summed E-state index contributed by atoms with van der Waals surface area (Å²) in [7, 11) is 0. The molecule has 1 saturated heterocycles. The topological polar surface area (TPSA) is 77.0 Å². The van der Waals surface area contributed by atoms with Gasteiger partial charge in [0.15, 0.2) is 5.96 Å². The van der Waals surface area contributed by atoms with Gasteiger partial charge < -0.3 is 20.6 Å². The maximum atomic E-state index is 11.8. The van der Waals surface area contributed by atoms with E-state index in [1.807, 2.05) is 48.2 Å². The molecule has 0 spiro atoms. The summed E-state index contributed by atoms with van der Waals surface area (Å²) in [5, 5.41) is 16.1. The van der Waals surface area contributed by atoms with E-state index in [2.05, 4.69) is 15.6 Å². The van der Waals surface area contributed by atoms with E-state index in [1.165, 1.54) is 0 Å². The van der Waals surface area contributed by atoms with Crippen molar-refractivity contribution in [2.75, 3.05) is 18.0 Å². The molecule has 1 fully saturated rings. The highest BCUT2D eigenvalue weighted by atomic mass is 127. The highest BCUT2D eigenvalue weighted by molar-refractivity contribution is 14.0. The van der Waals surface area contributed by atoms with Crippen molar-refractivity contribution < 1.29 is 9.90 Å². The summed E-state index contributed by atoms with van der Waals surface area (Å²) in [4.78, 5) is 18.2. The molecule has 0 unspecified atom stereocenters. The molecule has 1 aliphatic rings. The normalized spacial score (nSPS) is 14.0. The summed E-state index contributed by atoms with van der Waals surface area (Å²) in [6, 6.07) is 15.2. The van der Waals surface area contributed by atoms with Crippen LogP contribution in [0.15, 0.2) is 53.5 Å². The largest absolute Gasteiger partial charge is 0.508 e. The third-order valence-electron chi connectivity index (χ3n) is 4.46. The van der Waals surface area contributed by atoms with Crippen LogP contribution in [-0.2, 0) is 17.9 Å². The monoisotopic (exact) mass is 494 g/mol. The standard InChI is InChI=1S/C21H26N4O2.HI/c1-2-22-21(24-15-17-5-3-6-19(26)13-17)23-14-16-8-10-18(11-9-16)25-12-4-7-20(25)27;/h3,5-6,8-11,13,26H,2,4,7,12,14-15H2,1H3,(H2,22,23,24);1H. The molecule has 2 aromatic carbocycles. The summed E-state index contributed by atoms with van der Waals surface area (Å²) in [6.45, 7) is 4.72. The molecule has 2 aromatic rings. The van der Waals surface area contributed by atoms with Gasteiger partial charge in [-0.15, -0.1) is 24.0 Å². The molecule has 0 aliphatic carbocycles. The molecule has 150 valence electrons. The fourth-order valence-electron chi connectivity index (χ4n) is 3.07. The van der Waals surface area contributed by atoms with E-state index in [0.717, 1.165) is 42.3 Å². The first kappa shape index (κ1) is 22.0. The van der Waals surface area contributed by atoms with Crippen molar-refractivity contribution in [3.05, 3.63) is 59.7 Å². The first-order chi connectivity index (χ1) is 13.2. The lowest BCUT2D eigenvalue weighted by molar-refractivity contribution is -0.117. The first-order valence-corrected chi connectivity index (χ1v) is 9.35. The van der Waals surface area contributed by atoms with Gasteiger partial charge in [-0.25, -0.2) is 4.99 Å². The van der Waals surface area contributed by atoms with Gasteiger partial charge in [-0.05, 0) is 48.7 Å². The molecule has 6 nitrogen and oxygen atoms in total. The highest BCUT2D eigenvalue weighted by Crippen LogP contribution is 2.21. The summed E-state index contributed by atoms with van der Waals surface area (Å²) in [5.41, 5.74) is 3.03. The van der Waals surface area contributed by atoms with Gasteiger partial charge >= 0.3 is 0 Å². The van der Waals surface area contributed by atoms with Crippen molar-refractivity contribution in [1.82, 2.24) is 10.6 Å². The van der Waals surface area contributed by atoms with Gasteiger partial charge in [-0.1, -0.05) is 24.3 Å². The average Bonchev–Trinajstić information content (AvgIpc) is 3.10. The molecule has 0 aromatic heterocycles. The Morgan fingerprint density at radius 1 is 1.14 bits per heavy atom. The zero-order valence-corrected chi connectivity index (χ0v) is 18.3. The number of guanidine groups is 1. The minimum absolute atomic E-state index is 0. The molecule has 0 atom stereocenters. The second-order valence-electron chi connectivity index (χ2n) is 6.53. The van der Waals surface area contributed by atoms with E-state index in [1.54, 1.807) is 12.1 Å². The van der Waals surface area contributed by atoms with Crippen LogP contribution in [0.5, 0.6) is 5.75 Å². The number of hydrogen-bond acceptors (Lipinski definition) is 3. The summed E-state index contributed by atoms with van der Waals surface area (Å²) >= 11 is 0. The molecule has 1 heterocycles. The van der Waals surface area contributed by atoms with Crippen molar-refractivity contribution >= 4 is 41.5 Å². The molecular weight excluding hydrogens is 467 g/mol. The zero-order chi connectivity index (χ0) is 19.1. The molecule has 3 rings (SSSR count). The van der Waals surface area contributed by atoms with Crippen LogP contribution in [0.1, 0.15) is 30.9 Å². The van der Waals surface area contributed by atoms with Crippen molar-refractivity contribution in [2.45, 2.75) is 32.9 Å². The predicted octanol–water partition coefficient (Wildman–Crippen LogP) is 3.39. The number of amides is 1. The van der Waals surface area contributed by atoms with Crippen molar-refractivity contribution in [3.63, 3.8) is 0 Å². The van der Waals surface area contributed by atoms with E-state index < -0.39 is 0 Å². The van der Waals surface area contributed by atoms with Gasteiger partial charge in [0.1, 0.15) is 5.75 Å². The quantitative estimate of drug-likeness (QED) is 0.327. The number of rotatable bonds is 6. The minimum atomic E-state index is 0. The fourth-order valence-corrected chi connectivity index (χ4v) is 3.07. The molecule has 1 amide bonds. The lowest BCUT2D eigenvalue weighted by Gasteiger charge is -2.16. The second kappa shape index (κ2) is 10.9. The summed E-state index contributed by atoms with van der Waals surface area (Å²) < 4.78 is 0. The maximum Gasteiger partial charge on any atom is 0.227 e. The van der Waals surface area contributed by atoms with Gasteiger partial charge in [-0.3, -0.25) is 4.79 Å². The SMILES string of the molecule is CCNC(=NCc1cccc(O)c1)NCc1ccc(N2CCCC2=O)cc1.I. The van der Waals surface area contributed by atoms with Crippen LogP contribution >= 0.6 is 24.0 Å². The van der Waals surface area contributed by atoms with Crippen molar-refractivity contribution in [3.8, 4) is 5.75 Å². The Morgan fingerprint density at radius 2 is 1.93 bits per heavy atom. The summed E-state index contributed by atoms with van der Waals surface area (Å²) in [6.07, 6.45) is 1.58. The van der Waals surface area contributed by atoms with E-state index in [0.29, 0.717) is 19.5 Å². The molecule has 0 radical (unpaired) electrons. The lowest BCUT2D eigenvalue weighted by Crippen LogP contribution is -2.36. The lowest BCUT2D eigenvalue weighted by atomic mass is 10.2. The van der Waals surface area contributed by atoms with Crippen LogP contribution in [0.2, 0.25) is 0 Å². The number of carbonyl (C=O) groups excluding carboxylic acids is 1. The Kier molecular flexibility index (Phi) is 8.56. The molecule has 3 N–H and O–H groups in total. The Labute approximate surface area is 183 Å². The number of phenolic OH excluding ortho intramolecular Hbond substituents is 1. The van der Waals surface area contributed by atoms with Gasteiger partial charge in [0, 0.05) is 31.7 Å². The van der Waals surface area contributed by atoms with Crippen LogP contribution in [-0.4, -0.2) is 30.1 Å². The molecule has 1 aliphatic heterocycles. The number of halogens is 1. The Hall–Kier alpha value is -2.29. The van der Waals surface area contributed by atoms with Crippen LogP contribution in [0.3, 0.4) is 0 Å². The van der Waals surface area contributed by atoms with E-state index in [9.17, 15) is 9.90 Å². The predicted molar refractivity (Wildman–Crippen MR) is 123 cm³/mol. The highest BCUT2D eigenvalue weighted by Gasteiger charge is 2.21. The molecule has 0 bridgehead atoms. The molecule has 7 heteroatoms. The first-order valence-electron chi connectivity index (χ1n) is 9.35. The van der Waals surface area contributed by atoms with E-state index in [-0.39, 0.29) is 35.6 Å². The minimum Gasteiger partial charge on any atom is -0.508 e. The number of hydrogen-bond donors (Lipinski definition) is 3. The van der Waals surface area contributed by atoms with Crippen molar-refractivity contribution in [1.29, 1.82) is 0 Å². The van der Waals surface area contributed by atoms with Crippen LogP contribution in [0.4, 0.5) is 5.69 Å². The number of anilines is 1. The third-order valence-corrected chi connectivity index (χ3v) is 4.46. The van der Waals surface area contributed by atoms with Crippen molar-refractivity contribution in [2.24, 2.45) is 4.99 Å². The number of aliphatic imine (C=N–C) groups is 1. The number of benzene rings is 2. The second-order valence-corrected chi connectivity index (χ2v) is 6.53. The smallest absolute Gasteiger partial charge is 0.227 e.